The smallest absolute Gasteiger partial charge is 0.120 e. The molecule has 0 saturated heterocycles. The van der Waals surface area contributed by atoms with Crippen LogP contribution < -0.4 is 0 Å². The highest BCUT2D eigenvalue weighted by Gasteiger charge is 2.00. The molecule has 0 spiro atoms. The molecule has 0 unspecified atom stereocenters. The molecular formula is C6H14OS. The van der Waals surface area contributed by atoms with E-state index in [9.17, 15) is 4.79 Å². The van der Waals surface area contributed by atoms with Gasteiger partial charge in [-0.2, -0.15) is 0 Å². The van der Waals surface area contributed by atoms with Crippen molar-refractivity contribution >= 4 is 16.3 Å². The number of hydrogen-bond donors (Lipinski definition) is 0. The average Bonchev–Trinajstić information content (AvgIpc) is 1.59. The summed E-state index contributed by atoms with van der Waals surface area (Å²) in [6, 6.07) is 0. The number of rotatable bonds is 3. The normalized spacial score (nSPS) is 13.4. The number of hydrogen-bond acceptors (Lipinski definition) is 1. The van der Waals surface area contributed by atoms with Crippen LogP contribution >= 0.6 is 10.0 Å². The van der Waals surface area contributed by atoms with Crippen LogP contribution in [0.3, 0.4) is 0 Å². The van der Waals surface area contributed by atoms with Crippen molar-refractivity contribution in [3.63, 3.8) is 0 Å². The highest BCUT2D eigenvalue weighted by Crippen LogP contribution is 2.34. The van der Waals surface area contributed by atoms with Crippen molar-refractivity contribution in [1.29, 1.82) is 0 Å². The molecule has 50 valence electrons. The van der Waals surface area contributed by atoms with E-state index in [4.69, 9.17) is 0 Å². The maximum Gasteiger partial charge on any atom is 0.120 e. The summed E-state index contributed by atoms with van der Waals surface area (Å²) < 4.78 is 0. The molecule has 0 fully saturated rings. The summed E-state index contributed by atoms with van der Waals surface area (Å²) in [6.45, 7) is 0. The maximum absolute atomic E-state index is 9.86. The van der Waals surface area contributed by atoms with Gasteiger partial charge in [-0.3, -0.25) is 0 Å². The first kappa shape index (κ1) is 8.02. The van der Waals surface area contributed by atoms with Crippen LogP contribution in [0.1, 0.15) is 6.42 Å². The molecule has 0 aromatic rings. The quantitative estimate of drug-likeness (QED) is 0.531. The molecule has 0 saturated carbocycles. The molecule has 0 bridgehead atoms. The van der Waals surface area contributed by atoms with E-state index < -0.39 is 10.0 Å². The second-order valence-electron chi connectivity index (χ2n) is 2.75. The van der Waals surface area contributed by atoms with Gasteiger partial charge >= 0.3 is 0 Å². The molecule has 2 heteroatoms. The Bertz CT molecular complexity index is 73.1. The summed E-state index contributed by atoms with van der Waals surface area (Å²) in [6.07, 6.45) is 8.39. The summed E-state index contributed by atoms with van der Waals surface area (Å²) in [5.74, 6) is 1.08. The Hall–Kier alpha value is 0.0200. The van der Waals surface area contributed by atoms with Gasteiger partial charge in [0.05, 0.1) is 0 Å². The second-order valence-corrected chi connectivity index (χ2v) is 7.34. The monoisotopic (exact) mass is 134 g/mol. The largest absolute Gasteiger partial charge is 0.303 e. The molecule has 0 aliphatic rings. The van der Waals surface area contributed by atoms with Gasteiger partial charge in [0, 0.05) is 6.42 Å². The predicted octanol–water partition coefficient (Wildman–Crippen LogP) is 1.27. The van der Waals surface area contributed by atoms with Gasteiger partial charge < -0.3 is 4.79 Å². The minimum absolute atomic E-state index is 0.418. The van der Waals surface area contributed by atoms with Crippen molar-refractivity contribution in [3.8, 4) is 0 Å². The van der Waals surface area contributed by atoms with Crippen LogP contribution in [0.4, 0.5) is 0 Å². The zero-order chi connectivity index (χ0) is 6.62. The van der Waals surface area contributed by atoms with E-state index in [1.807, 2.05) is 0 Å². The van der Waals surface area contributed by atoms with Gasteiger partial charge in [0.25, 0.3) is 0 Å². The van der Waals surface area contributed by atoms with Gasteiger partial charge in [-0.05, 0) is 24.5 Å². The van der Waals surface area contributed by atoms with E-state index in [0.717, 1.165) is 18.5 Å². The molecule has 0 aromatic heterocycles. The van der Waals surface area contributed by atoms with E-state index in [1.165, 1.54) is 0 Å². The first-order valence-corrected chi connectivity index (χ1v) is 5.68. The van der Waals surface area contributed by atoms with Crippen molar-refractivity contribution < 1.29 is 4.79 Å². The van der Waals surface area contributed by atoms with Crippen molar-refractivity contribution in [2.24, 2.45) is 0 Å². The number of carbonyl (C=O) groups is 1. The van der Waals surface area contributed by atoms with E-state index in [-0.39, 0.29) is 0 Å². The summed E-state index contributed by atoms with van der Waals surface area (Å²) in [7, 11) is -0.418. The van der Waals surface area contributed by atoms with Gasteiger partial charge in [-0.25, -0.2) is 10.0 Å². The minimum atomic E-state index is -0.418. The summed E-state index contributed by atoms with van der Waals surface area (Å²) >= 11 is 0. The highest BCUT2D eigenvalue weighted by molar-refractivity contribution is 8.32. The lowest BCUT2D eigenvalue weighted by Crippen LogP contribution is -1.98. The van der Waals surface area contributed by atoms with Crippen LogP contribution in [0.15, 0.2) is 0 Å². The summed E-state index contributed by atoms with van der Waals surface area (Å²) in [5.41, 5.74) is 0. The standard InChI is InChI=1S/C6H14OS/c1-8(2,3)6-4-5-7/h5H,4,6H2,1-3H3. The van der Waals surface area contributed by atoms with Crippen molar-refractivity contribution in [1.82, 2.24) is 0 Å². The molecule has 0 rings (SSSR count). The lowest BCUT2D eigenvalue weighted by Gasteiger charge is -2.23. The summed E-state index contributed by atoms with van der Waals surface area (Å²) in [4.78, 5) is 9.86. The van der Waals surface area contributed by atoms with Crippen molar-refractivity contribution in [2.45, 2.75) is 6.42 Å². The van der Waals surface area contributed by atoms with Crippen LogP contribution in [0.2, 0.25) is 0 Å². The van der Waals surface area contributed by atoms with E-state index in [2.05, 4.69) is 18.8 Å². The molecule has 0 aromatic carbocycles. The third-order valence-corrected chi connectivity index (χ3v) is 2.31. The van der Waals surface area contributed by atoms with Gasteiger partial charge in [0.15, 0.2) is 0 Å². The molecule has 0 amide bonds. The zero-order valence-electron chi connectivity index (χ0n) is 5.81. The van der Waals surface area contributed by atoms with Crippen molar-refractivity contribution in [2.75, 3.05) is 24.5 Å². The Morgan fingerprint density at radius 3 is 2.00 bits per heavy atom. The molecule has 0 aliphatic carbocycles. The van der Waals surface area contributed by atoms with Crippen LogP contribution in [0, 0.1) is 0 Å². The highest BCUT2D eigenvalue weighted by atomic mass is 32.3. The Balaban J connectivity index is 3.24. The minimum Gasteiger partial charge on any atom is -0.303 e. The molecule has 0 radical (unpaired) electrons. The second kappa shape index (κ2) is 3.13. The molecule has 0 atom stereocenters. The molecule has 0 aliphatic heterocycles. The molecule has 8 heavy (non-hydrogen) atoms. The average molecular weight is 134 g/mol. The predicted molar refractivity (Wildman–Crippen MR) is 40.9 cm³/mol. The van der Waals surface area contributed by atoms with Crippen LogP contribution in [-0.4, -0.2) is 30.8 Å². The van der Waals surface area contributed by atoms with Gasteiger partial charge in [-0.1, -0.05) is 0 Å². The molecule has 0 heterocycles. The Kier molecular flexibility index (Phi) is 3.13. The number of aldehydes is 1. The third kappa shape index (κ3) is 6.02. The molecule has 0 N–H and O–H groups in total. The van der Waals surface area contributed by atoms with Crippen molar-refractivity contribution in [3.05, 3.63) is 0 Å². The Morgan fingerprint density at radius 1 is 1.38 bits per heavy atom. The lowest BCUT2D eigenvalue weighted by molar-refractivity contribution is -0.107. The van der Waals surface area contributed by atoms with Crippen LogP contribution in [0.25, 0.3) is 0 Å². The van der Waals surface area contributed by atoms with E-state index in [0.29, 0.717) is 0 Å². The van der Waals surface area contributed by atoms with Gasteiger partial charge in [-0.15, -0.1) is 0 Å². The zero-order valence-corrected chi connectivity index (χ0v) is 6.62. The molecule has 1 nitrogen and oxygen atoms in total. The fraction of sp³-hybridized carbons (Fsp3) is 0.833. The molecular weight excluding hydrogens is 120 g/mol. The number of carbonyl (C=O) groups excluding carboxylic acids is 1. The third-order valence-electron chi connectivity index (χ3n) is 0.848. The Labute approximate surface area is 52.8 Å². The fourth-order valence-corrected chi connectivity index (χ4v) is 1.20. The van der Waals surface area contributed by atoms with Gasteiger partial charge in [0.2, 0.25) is 0 Å². The van der Waals surface area contributed by atoms with Crippen LogP contribution in [0.5, 0.6) is 0 Å². The first-order valence-electron chi connectivity index (χ1n) is 2.66. The lowest BCUT2D eigenvalue weighted by atomic mass is 10.6. The van der Waals surface area contributed by atoms with E-state index in [1.54, 1.807) is 0 Å². The van der Waals surface area contributed by atoms with Crippen LogP contribution in [-0.2, 0) is 4.79 Å². The van der Waals surface area contributed by atoms with Gasteiger partial charge in [0.1, 0.15) is 6.29 Å². The first-order chi connectivity index (χ1) is 3.56. The summed E-state index contributed by atoms with van der Waals surface area (Å²) in [5, 5.41) is 0. The maximum atomic E-state index is 9.86. The topological polar surface area (TPSA) is 17.1 Å². The Morgan fingerprint density at radius 2 is 1.88 bits per heavy atom. The van der Waals surface area contributed by atoms with E-state index >= 15 is 0 Å². The SMILES string of the molecule is CS(C)(C)CCC=O. The fourth-order valence-electron chi connectivity index (χ4n) is 0.402.